The van der Waals surface area contributed by atoms with Gasteiger partial charge in [-0.2, -0.15) is 0 Å². The van der Waals surface area contributed by atoms with Crippen LogP contribution in [0.15, 0.2) is 46.4 Å². The number of imide groups is 2. The minimum Gasteiger partial charge on any atom is -0.493 e. The van der Waals surface area contributed by atoms with Crippen molar-refractivity contribution in [2.75, 3.05) is 25.7 Å². The van der Waals surface area contributed by atoms with Crippen LogP contribution in [0.2, 0.25) is 0 Å². The number of carbonyl (C=O) groups excluding carboxylic acids is 4. The highest BCUT2D eigenvalue weighted by atomic mass is 127. The lowest BCUT2D eigenvalue weighted by atomic mass is 10.1. The molecule has 1 heterocycles. The van der Waals surface area contributed by atoms with E-state index in [4.69, 9.17) is 9.47 Å². The van der Waals surface area contributed by atoms with Crippen LogP contribution in [0, 0.1) is 3.57 Å². The maximum Gasteiger partial charge on any atom is 0.343 e. The molecule has 11 heteroatoms. The van der Waals surface area contributed by atoms with Crippen molar-refractivity contribution >= 4 is 74.1 Å². The molecule has 0 aliphatic carbocycles. The average Bonchev–Trinajstić information content (AvgIpc) is 2.76. The topological polar surface area (TPSA) is 111 Å². The second-order valence-corrected chi connectivity index (χ2v) is 8.41. The Morgan fingerprint density at radius 3 is 2.47 bits per heavy atom. The molecular formula is C21H16BrIN2O7. The maximum atomic E-state index is 13.0. The molecule has 2 aromatic rings. The number of ether oxygens (including phenoxy) is 3. The van der Waals surface area contributed by atoms with E-state index < -0.39 is 23.8 Å². The van der Waals surface area contributed by atoms with Gasteiger partial charge in [-0.15, -0.1) is 0 Å². The molecule has 1 fully saturated rings. The number of methoxy groups -OCH3 is 2. The third kappa shape index (κ3) is 5.10. The van der Waals surface area contributed by atoms with E-state index in [1.54, 1.807) is 36.4 Å². The third-order valence-electron chi connectivity index (χ3n) is 4.31. The second kappa shape index (κ2) is 10.1. The molecule has 0 radical (unpaired) electrons. The summed E-state index contributed by atoms with van der Waals surface area (Å²) in [5.41, 5.74) is 0.543. The zero-order chi connectivity index (χ0) is 23.4. The van der Waals surface area contributed by atoms with Crippen molar-refractivity contribution in [3.63, 3.8) is 0 Å². The quantitative estimate of drug-likeness (QED) is 0.230. The van der Waals surface area contributed by atoms with Crippen molar-refractivity contribution in [2.24, 2.45) is 0 Å². The van der Waals surface area contributed by atoms with Crippen molar-refractivity contribution in [3.8, 4) is 11.5 Å². The number of amides is 4. The molecule has 0 bridgehead atoms. The molecular weight excluding hydrogens is 599 g/mol. The lowest BCUT2D eigenvalue weighted by molar-refractivity contribution is -0.143. The SMILES string of the molecule is COC(=O)COc1c(I)cc(/C=C2\C(=O)NC(=O)N(c3ccc(Br)cc3)C2=O)cc1OC. The molecule has 166 valence electrons. The minimum atomic E-state index is -0.835. The van der Waals surface area contributed by atoms with Crippen LogP contribution in [0.3, 0.4) is 0 Å². The van der Waals surface area contributed by atoms with Crippen LogP contribution >= 0.6 is 38.5 Å². The van der Waals surface area contributed by atoms with E-state index >= 15 is 0 Å². The van der Waals surface area contributed by atoms with Gasteiger partial charge in [0.15, 0.2) is 18.1 Å². The number of nitrogens with zero attached hydrogens (tertiary/aromatic N) is 1. The summed E-state index contributed by atoms with van der Waals surface area (Å²) in [5.74, 6) is -1.53. The lowest BCUT2D eigenvalue weighted by Crippen LogP contribution is -2.54. The highest BCUT2D eigenvalue weighted by Crippen LogP contribution is 2.35. The van der Waals surface area contributed by atoms with Gasteiger partial charge in [-0.25, -0.2) is 14.5 Å². The predicted molar refractivity (Wildman–Crippen MR) is 126 cm³/mol. The molecule has 0 spiro atoms. The van der Waals surface area contributed by atoms with E-state index in [1.165, 1.54) is 20.3 Å². The average molecular weight is 615 g/mol. The Labute approximate surface area is 205 Å². The number of urea groups is 1. The zero-order valence-electron chi connectivity index (χ0n) is 16.8. The fourth-order valence-electron chi connectivity index (χ4n) is 2.80. The minimum absolute atomic E-state index is 0.228. The van der Waals surface area contributed by atoms with Gasteiger partial charge in [-0.1, -0.05) is 15.9 Å². The van der Waals surface area contributed by atoms with Crippen molar-refractivity contribution in [3.05, 3.63) is 55.6 Å². The van der Waals surface area contributed by atoms with Gasteiger partial charge in [-0.3, -0.25) is 14.9 Å². The normalized spacial score (nSPS) is 14.9. The van der Waals surface area contributed by atoms with Crippen LogP contribution in [0.5, 0.6) is 11.5 Å². The highest BCUT2D eigenvalue weighted by molar-refractivity contribution is 14.1. The van der Waals surface area contributed by atoms with Crippen molar-refractivity contribution in [1.29, 1.82) is 0 Å². The number of halogens is 2. The van der Waals surface area contributed by atoms with E-state index in [9.17, 15) is 19.2 Å². The summed E-state index contributed by atoms with van der Waals surface area (Å²) in [6.45, 7) is -0.311. The number of esters is 1. The summed E-state index contributed by atoms with van der Waals surface area (Å²) in [6, 6.07) is 8.86. The number of rotatable bonds is 6. The second-order valence-electron chi connectivity index (χ2n) is 6.33. The van der Waals surface area contributed by atoms with Gasteiger partial charge in [0, 0.05) is 4.47 Å². The Morgan fingerprint density at radius 1 is 1.16 bits per heavy atom. The fraction of sp³-hybridized carbons (Fsp3) is 0.143. The number of hydrogen-bond donors (Lipinski definition) is 1. The lowest BCUT2D eigenvalue weighted by Gasteiger charge is -2.26. The Balaban J connectivity index is 1.96. The molecule has 0 aromatic heterocycles. The van der Waals surface area contributed by atoms with Crippen LogP contribution in [-0.2, 0) is 19.1 Å². The smallest absolute Gasteiger partial charge is 0.343 e. The Morgan fingerprint density at radius 2 is 1.84 bits per heavy atom. The van der Waals surface area contributed by atoms with E-state index in [2.05, 4.69) is 26.0 Å². The number of barbiturate groups is 1. The first-order valence-electron chi connectivity index (χ1n) is 8.99. The molecule has 1 aliphatic rings. The highest BCUT2D eigenvalue weighted by Gasteiger charge is 2.36. The van der Waals surface area contributed by atoms with Gasteiger partial charge in [0.1, 0.15) is 5.57 Å². The van der Waals surface area contributed by atoms with Gasteiger partial charge >= 0.3 is 12.0 Å². The third-order valence-corrected chi connectivity index (χ3v) is 5.64. The van der Waals surface area contributed by atoms with Gasteiger partial charge in [-0.05, 0) is 70.6 Å². The molecule has 9 nitrogen and oxygen atoms in total. The molecule has 0 saturated carbocycles. The number of benzene rings is 2. The van der Waals surface area contributed by atoms with E-state index in [0.717, 1.165) is 9.37 Å². The number of carbonyl (C=O) groups is 4. The molecule has 1 aliphatic heterocycles. The molecule has 0 unspecified atom stereocenters. The van der Waals surface area contributed by atoms with Crippen LogP contribution in [0.1, 0.15) is 5.56 Å². The molecule has 3 rings (SSSR count). The fourth-order valence-corrected chi connectivity index (χ4v) is 3.85. The van der Waals surface area contributed by atoms with Crippen LogP contribution in [-0.4, -0.2) is 44.6 Å². The molecule has 1 saturated heterocycles. The van der Waals surface area contributed by atoms with E-state index in [-0.39, 0.29) is 17.9 Å². The monoisotopic (exact) mass is 614 g/mol. The maximum absolute atomic E-state index is 13.0. The summed E-state index contributed by atoms with van der Waals surface area (Å²) >= 11 is 5.27. The Kier molecular flexibility index (Phi) is 7.51. The van der Waals surface area contributed by atoms with Gasteiger partial charge in [0.25, 0.3) is 11.8 Å². The first kappa shape index (κ1) is 23.7. The van der Waals surface area contributed by atoms with Crippen LogP contribution in [0.4, 0.5) is 10.5 Å². The van der Waals surface area contributed by atoms with Gasteiger partial charge in [0.05, 0.1) is 23.5 Å². The summed E-state index contributed by atoms with van der Waals surface area (Å²) in [4.78, 5) is 50.0. The van der Waals surface area contributed by atoms with E-state index in [1.807, 2.05) is 22.6 Å². The Hall–Kier alpha value is -2.93. The van der Waals surface area contributed by atoms with Gasteiger partial charge in [0.2, 0.25) is 0 Å². The summed E-state index contributed by atoms with van der Waals surface area (Å²) in [7, 11) is 2.66. The van der Waals surface area contributed by atoms with E-state index in [0.29, 0.717) is 20.6 Å². The number of hydrogen-bond acceptors (Lipinski definition) is 7. The van der Waals surface area contributed by atoms with Crippen LogP contribution in [0.25, 0.3) is 6.08 Å². The zero-order valence-corrected chi connectivity index (χ0v) is 20.6. The van der Waals surface area contributed by atoms with Crippen molar-refractivity contribution < 1.29 is 33.4 Å². The molecule has 0 atom stereocenters. The molecule has 2 aromatic carbocycles. The standard InChI is InChI=1S/C21H16BrIN2O7/c1-30-16-9-11(8-15(23)18(16)32-10-17(26)31-2)7-14-19(27)24-21(29)25(20(14)28)13-5-3-12(22)4-6-13/h3-9H,10H2,1-2H3,(H,24,27,29)/b14-7+. The first-order chi connectivity index (χ1) is 15.2. The summed E-state index contributed by atoms with van der Waals surface area (Å²) in [6.07, 6.45) is 1.35. The van der Waals surface area contributed by atoms with Gasteiger partial charge < -0.3 is 14.2 Å². The van der Waals surface area contributed by atoms with Crippen molar-refractivity contribution in [2.45, 2.75) is 0 Å². The molecule has 4 amide bonds. The first-order valence-corrected chi connectivity index (χ1v) is 10.9. The number of anilines is 1. The van der Waals surface area contributed by atoms with Crippen molar-refractivity contribution in [1.82, 2.24) is 5.32 Å². The summed E-state index contributed by atoms with van der Waals surface area (Å²) in [5, 5.41) is 2.18. The largest absolute Gasteiger partial charge is 0.493 e. The Bertz CT molecular complexity index is 1130. The van der Waals surface area contributed by atoms with Crippen LogP contribution < -0.4 is 19.7 Å². The predicted octanol–water partition coefficient (Wildman–Crippen LogP) is 3.28. The molecule has 32 heavy (non-hydrogen) atoms. The molecule has 1 N–H and O–H groups in total. The number of nitrogens with one attached hydrogen (secondary N) is 1. The summed E-state index contributed by atoms with van der Waals surface area (Å²) < 4.78 is 16.7.